The van der Waals surface area contributed by atoms with Gasteiger partial charge in [0.1, 0.15) is 0 Å². The van der Waals surface area contributed by atoms with E-state index in [1.807, 2.05) is 6.07 Å². The summed E-state index contributed by atoms with van der Waals surface area (Å²) in [5, 5.41) is 18.1. The number of nitrogens with zero attached hydrogens (tertiary/aromatic N) is 2. The zero-order chi connectivity index (χ0) is 23.0. The van der Waals surface area contributed by atoms with Crippen LogP contribution in [0, 0.1) is 28.6 Å². The van der Waals surface area contributed by atoms with E-state index >= 15 is 0 Å². The van der Waals surface area contributed by atoms with Gasteiger partial charge in [-0.2, -0.15) is 23.7 Å². The van der Waals surface area contributed by atoms with Crippen LogP contribution in [0.2, 0.25) is 0 Å². The molecule has 0 aromatic rings. The van der Waals surface area contributed by atoms with Crippen molar-refractivity contribution >= 4 is 0 Å². The molecular formula is C26H39F3N2. The molecular weight excluding hydrogens is 397 g/mol. The molecule has 0 N–H and O–H groups in total. The minimum absolute atomic E-state index is 0.0276. The summed E-state index contributed by atoms with van der Waals surface area (Å²) in [7, 11) is 0. The van der Waals surface area contributed by atoms with Crippen molar-refractivity contribution in [3.8, 4) is 12.1 Å². The van der Waals surface area contributed by atoms with Crippen LogP contribution in [0.15, 0.2) is 22.8 Å². The standard InChI is InChI=1S/C26H39F3N2/c1-2-3-4-5-6-7-8-9-10-11-12-13-14-15-16-17-18-24-22(20-30)19-23(21-31)25(24)26(27,28)29/h19,23H,2-18H2,1H3. The van der Waals surface area contributed by atoms with E-state index < -0.39 is 17.7 Å². The second kappa shape index (κ2) is 16.0. The van der Waals surface area contributed by atoms with Gasteiger partial charge in [-0.1, -0.05) is 103 Å². The monoisotopic (exact) mass is 436 g/mol. The van der Waals surface area contributed by atoms with Crippen molar-refractivity contribution in [2.75, 3.05) is 0 Å². The first-order valence-corrected chi connectivity index (χ1v) is 12.3. The maximum atomic E-state index is 13.3. The molecule has 0 aromatic carbocycles. The van der Waals surface area contributed by atoms with E-state index in [0.717, 1.165) is 25.3 Å². The number of nitriles is 2. The largest absolute Gasteiger partial charge is 0.414 e. The summed E-state index contributed by atoms with van der Waals surface area (Å²) in [5.74, 6) is -1.34. The van der Waals surface area contributed by atoms with E-state index in [9.17, 15) is 13.2 Å². The smallest absolute Gasteiger partial charge is 0.197 e. The van der Waals surface area contributed by atoms with Crippen molar-refractivity contribution in [1.29, 1.82) is 10.5 Å². The van der Waals surface area contributed by atoms with Crippen LogP contribution in [0.5, 0.6) is 0 Å². The minimum Gasteiger partial charge on any atom is -0.197 e. The van der Waals surface area contributed by atoms with Crippen LogP contribution >= 0.6 is 0 Å². The highest BCUT2D eigenvalue weighted by atomic mass is 19.4. The van der Waals surface area contributed by atoms with Crippen LogP contribution in [0.25, 0.3) is 0 Å². The lowest BCUT2D eigenvalue weighted by Crippen LogP contribution is -2.18. The van der Waals surface area contributed by atoms with Crippen LogP contribution in [-0.2, 0) is 0 Å². The van der Waals surface area contributed by atoms with Gasteiger partial charge in [0.2, 0.25) is 0 Å². The number of halogens is 3. The average Bonchev–Trinajstić information content (AvgIpc) is 3.11. The summed E-state index contributed by atoms with van der Waals surface area (Å²) in [6, 6.07) is 3.50. The molecule has 0 saturated carbocycles. The van der Waals surface area contributed by atoms with Gasteiger partial charge < -0.3 is 0 Å². The Morgan fingerprint density at radius 2 is 1.16 bits per heavy atom. The molecule has 5 heteroatoms. The highest BCUT2D eigenvalue weighted by Gasteiger charge is 2.44. The maximum Gasteiger partial charge on any atom is 0.414 e. The number of hydrogen-bond acceptors (Lipinski definition) is 2. The predicted octanol–water partition coefficient (Wildman–Crippen LogP) is 9.10. The van der Waals surface area contributed by atoms with Gasteiger partial charge >= 0.3 is 6.18 Å². The van der Waals surface area contributed by atoms with E-state index in [1.165, 1.54) is 77.0 Å². The zero-order valence-corrected chi connectivity index (χ0v) is 19.2. The van der Waals surface area contributed by atoms with Gasteiger partial charge in [0.25, 0.3) is 0 Å². The lowest BCUT2D eigenvalue weighted by atomic mass is 9.96. The fourth-order valence-corrected chi connectivity index (χ4v) is 4.36. The van der Waals surface area contributed by atoms with E-state index in [-0.39, 0.29) is 17.6 Å². The predicted molar refractivity (Wildman–Crippen MR) is 120 cm³/mol. The number of hydrogen-bond donors (Lipinski definition) is 0. The van der Waals surface area contributed by atoms with Crippen molar-refractivity contribution < 1.29 is 13.2 Å². The van der Waals surface area contributed by atoms with E-state index in [2.05, 4.69) is 6.92 Å². The van der Waals surface area contributed by atoms with Gasteiger partial charge in [0, 0.05) is 0 Å². The fourth-order valence-electron chi connectivity index (χ4n) is 4.36. The molecule has 0 spiro atoms. The van der Waals surface area contributed by atoms with Gasteiger partial charge in [-0.25, -0.2) is 0 Å². The number of unbranched alkanes of at least 4 members (excludes halogenated alkanes) is 15. The summed E-state index contributed by atoms with van der Waals surface area (Å²) in [6.07, 6.45) is 16.4. The normalized spacial score (nSPS) is 16.3. The Labute approximate surface area is 187 Å². The third kappa shape index (κ3) is 10.9. The molecule has 0 amide bonds. The molecule has 1 aliphatic rings. The van der Waals surface area contributed by atoms with Crippen LogP contribution in [0.4, 0.5) is 13.2 Å². The molecule has 1 aliphatic carbocycles. The van der Waals surface area contributed by atoms with Crippen molar-refractivity contribution in [2.45, 2.75) is 122 Å². The second-order valence-electron chi connectivity index (χ2n) is 8.74. The Morgan fingerprint density at radius 1 is 0.742 bits per heavy atom. The van der Waals surface area contributed by atoms with Crippen LogP contribution in [-0.4, -0.2) is 6.18 Å². The molecule has 0 radical (unpaired) electrons. The fraction of sp³-hybridized carbons (Fsp3) is 0.769. The minimum atomic E-state index is -4.56. The van der Waals surface area contributed by atoms with Gasteiger partial charge in [0.05, 0.1) is 29.2 Å². The molecule has 0 fully saturated rings. The third-order valence-corrected chi connectivity index (χ3v) is 6.14. The summed E-state index contributed by atoms with van der Waals surface area (Å²) < 4.78 is 39.9. The summed E-state index contributed by atoms with van der Waals surface area (Å²) in [6.45, 7) is 2.25. The van der Waals surface area contributed by atoms with E-state index in [4.69, 9.17) is 10.5 Å². The van der Waals surface area contributed by atoms with Crippen LogP contribution < -0.4 is 0 Å². The number of allylic oxidation sites excluding steroid dienone is 4. The molecule has 0 heterocycles. The van der Waals surface area contributed by atoms with Gasteiger partial charge in [0.15, 0.2) is 0 Å². The first-order chi connectivity index (χ1) is 15.0. The maximum absolute atomic E-state index is 13.3. The first kappa shape index (κ1) is 27.3. The Hall–Kier alpha value is -1.75. The average molecular weight is 437 g/mol. The Morgan fingerprint density at radius 3 is 1.52 bits per heavy atom. The summed E-state index contributed by atoms with van der Waals surface area (Å²) in [5.41, 5.74) is -0.765. The molecule has 1 atom stereocenters. The lowest BCUT2D eigenvalue weighted by molar-refractivity contribution is -0.0957. The molecule has 2 nitrogen and oxygen atoms in total. The molecule has 0 saturated heterocycles. The molecule has 1 rings (SSSR count). The summed E-state index contributed by atoms with van der Waals surface area (Å²) in [4.78, 5) is 0. The molecule has 0 aromatic heterocycles. The quantitative estimate of drug-likeness (QED) is 0.213. The topological polar surface area (TPSA) is 47.6 Å². The van der Waals surface area contributed by atoms with Crippen LogP contribution in [0.3, 0.4) is 0 Å². The number of alkyl halides is 3. The molecule has 174 valence electrons. The van der Waals surface area contributed by atoms with Crippen LogP contribution in [0.1, 0.15) is 116 Å². The second-order valence-corrected chi connectivity index (χ2v) is 8.74. The lowest BCUT2D eigenvalue weighted by Gasteiger charge is -2.14. The van der Waals surface area contributed by atoms with Crippen molar-refractivity contribution in [3.63, 3.8) is 0 Å². The van der Waals surface area contributed by atoms with Crippen molar-refractivity contribution in [3.05, 3.63) is 22.8 Å². The summed E-state index contributed by atoms with van der Waals surface area (Å²) >= 11 is 0. The molecule has 0 aliphatic heterocycles. The number of rotatable bonds is 17. The SMILES string of the molecule is CCCCCCCCCCCCCCCCCCC1=C(C(F)(F)F)C(C#N)C=C1C#N. The van der Waals surface area contributed by atoms with E-state index in [0.29, 0.717) is 6.42 Å². The molecule has 0 bridgehead atoms. The molecule has 1 unspecified atom stereocenters. The zero-order valence-electron chi connectivity index (χ0n) is 19.2. The van der Waals surface area contributed by atoms with Crippen molar-refractivity contribution in [2.24, 2.45) is 5.92 Å². The van der Waals surface area contributed by atoms with Crippen molar-refractivity contribution in [1.82, 2.24) is 0 Å². The Balaban J connectivity index is 2.09. The third-order valence-electron chi connectivity index (χ3n) is 6.14. The Bertz CT molecular complexity index is 647. The Kier molecular flexibility index (Phi) is 14.1. The first-order valence-electron chi connectivity index (χ1n) is 12.3. The highest BCUT2D eigenvalue weighted by Crippen LogP contribution is 2.43. The van der Waals surface area contributed by atoms with E-state index in [1.54, 1.807) is 6.07 Å². The van der Waals surface area contributed by atoms with Gasteiger partial charge in [-0.15, -0.1) is 0 Å². The highest BCUT2D eigenvalue weighted by molar-refractivity contribution is 5.55. The van der Waals surface area contributed by atoms with Gasteiger partial charge in [-0.3, -0.25) is 0 Å². The molecule has 31 heavy (non-hydrogen) atoms. The van der Waals surface area contributed by atoms with Gasteiger partial charge in [-0.05, 0) is 24.5 Å².